The summed E-state index contributed by atoms with van der Waals surface area (Å²) >= 11 is 0. The predicted molar refractivity (Wildman–Crippen MR) is 70.1 cm³/mol. The van der Waals surface area contributed by atoms with Crippen LogP contribution >= 0.6 is 0 Å². The molecule has 0 saturated carbocycles. The zero-order chi connectivity index (χ0) is 11.8. The molecule has 2 rings (SSSR count). The Kier molecular flexibility index (Phi) is 2.60. The maximum Gasteiger partial charge on any atom is 0.106 e. The topological polar surface area (TPSA) is 15.8 Å². The quantitative estimate of drug-likeness (QED) is 0.758. The second kappa shape index (κ2) is 3.80. The smallest absolute Gasteiger partial charge is 0.106 e. The number of hydrogen-bond donors (Lipinski definition) is 1. The Morgan fingerprint density at radius 3 is 2.69 bits per heavy atom. The van der Waals surface area contributed by atoms with Gasteiger partial charge in [0.1, 0.15) is 6.54 Å². The Morgan fingerprint density at radius 2 is 2.06 bits per heavy atom. The van der Waals surface area contributed by atoms with Crippen molar-refractivity contribution < 1.29 is 4.48 Å². The van der Waals surface area contributed by atoms with E-state index >= 15 is 0 Å². The number of aromatic amines is 1. The highest BCUT2D eigenvalue weighted by molar-refractivity contribution is 5.90. The highest BCUT2D eigenvalue weighted by Crippen LogP contribution is 2.24. The molecule has 0 radical (unpaired) electrons. The fourth-order valence-electron chi connectivity index (χ4n) is 2.05. The van der Waals surface area contributed by atoms with E-state index in [1.54, 1.807) is 0 Å². The van der Waals surface area contributed by atoms with Crippen LogP contribution in [0.3, 0.4) is 0 Å². The molecule has 1 heterocycles. The number of H-pyrrole nitrogens is 1. The van der Waals surface area contributed by atoms with Crippen molar-refractivity contribution in [3.05, 3.63) is 42.1 Å². The number of hydrogen-bond acceptors (Lipinski definition) is 0. The third-order valence-electron chi connectivity index (χ3n) is 2.70. The van der Waals surface area contributed by atoms with Gasteiger partial charge in [0.15, 0.2) is 0 Å². The molecule has 16 heavy (non-hydrogen) atoms. The highest BCUT2D eigenvalue weighted by atomic mass is 15.3. The third kappa shape index (κ3) is 2.02. The van der Waals surface area contributed by atoms with Gasteiger partial charge in [-0.05, 0) is 5.56 Å². The van der Waals surface area contributed by atoms with E-state index in [2.05, 4.69) is 57.1 Å². The first-order chi connectivity index (χ1) is 7.51. The molecule has 0 aliphatic carbocycles. The molecule has 0 aliphatic heterocycles. The molecular formula is C14H19N2+. The lowest BCUT2D eigenvalue weighted by molar-refractivity contribution is -0.883. The average molecular weight is 215 g/mol. The van der Waals surface area contributed by atoms with E-state index in [1.165, 1.54) is 22.0 Å². The van der Waals surface area contributed by atoms with Crippen molar-refractivity contribution in [3.8, 4) is 0 Å². The van der Waals surface area contributed by atoms with E-state index < -0.39 is 0 Å². The van der Waals surface area contributed by atoms with Crippen LogP contribution in [0.1, 0.15) is 11.1 Å². The van der Waals surface area contributed by atoms with Crippen LogP contribution in [-0.4, -0.2) is 30.6 Å². The zero-order valence-electron chi connectivity index (χ0n) is 10.2. The van der Waals surface area contributed by atoms with Crippen molar-refractivity contribution in [2.24, 2.45) is 0 Å². The van der Waals surface area contributed by atoms with Gasteiger partial charge in [0, 0.05) is 17.1 Å². The summed E-state index contributed by atoms with van der Waals surface area (Å²) in [5.74, 6) is 0. The summed E-state index contributed by atoms with van der Waals surface area (Å²) in [5, 5.41) is 1.31. The number of para-hydroxylation sites is 1. The molecule has 0 aliphatic rings. The van der Waals surface area contributed by atoms with Gasteiger partial charge in [-0.25, -0.2) is 0 Å². The van der Waals surface area contributed by atoms with Crippen molar-refractivity contribution >= 4 is 17.0 Å². The van der Waals surface area contributed by atoms with E-state index in [0.717, 1.165) is 11.0 Å². The number of nitrogens with one attached hydrogen (secondary N) is 1. The van der Waals surface area contributed by atoms with E-state index in [9.17, 15) is 0 Å². The van der Waals surface area contributed by atoms with E-state index in [-0.39, 0.29) is 0 Å². The molecule has 1 N–H and O–H groups in total. The molecule has 0 fully saturated rings. The molecule has 0 atom stereocenters. The predicted octanol–water partition coefficient (Wildman–Crippen LogP) is 3.02. The summed E-state index contributed by atoms with van der Waals surface area (Å²) in [5.41, 5.74) is 3.73. The second-order valence-corrected chi connectivity index (χ2v) is 5.24. The second-order valence-electron chi connectivity index (χ2n) is 5.24. The van der Waals surface area contributed by atoms with Crippen molar-refractivity contribution in [2.75, 3.05) is 21.1 Å². The monoisotopic (exact) mass is 215 g/mol. The number of rotatable bonds is 3. The number of quaternary nitrogens is 1. The van der Waals surface area contributed by atoms with Gasteiger partial charge >= 0.3 is 0 Å². The number of aromatic nitrogens is 1. The van der Waals surface area contributed by atoms with Gasteiger partial charge in [0.25, 0.3) is 0 Å². The largest absolute Gasteiger partial charge is 0.360 e. The van der Waals surface area contributed by atoms with Crippen molar-refractivity contribution in [1.82, 2.24) is 4.98 Å². The Hall–Kier alpha value is -1.54. The Bertz CT molecular complexity index is 515. The van der Waals surface area contributed by atoms with Crippen LogP contribution in [0.4, 0.5) is 0 Å². The molecule has 2 heteroatoms. The first kappa shape index (κ1) is 11.0. The molecule has 0 spiro atoms. The van der Waals surface area contributed by atoms with Crippen LogP contribution in [-0.2, 0) is 6.54 Å². The highest BCUT2D eigenvalue weighted by Gasteiger charge is 2.13. The zero-order valence-corrected chi connectivity index (χ0v) is 10.2. The minimum absolute atomic E-state index is 0.936. The van der Waals surface area contributed by atoms with Gasteiger partial charge in [-0.3, -0.25) is 0 Å². The summed E-state index contributed by atoms with van der Waals surface area (Å²) in [6.07, 6.45) is 4.01. The fourth-order valence-corrected chi connectivity index (χ4v) is 2.05. The van der Waals surface area contributed by atoms with E-state index in [1.807, 2.05) is 6.08 Å². The number of benzene rings is 1. The van der Waals surface area contributed by atoms with Crippen molar-refractivity contribution in [2.45, 2.75) is 6.54 Å². The Morgan fingerprint density at radius 1 is 1.31 bits per heavy atom. The first-order valence-corrected chi connectivity index (χ1v) is 5.53. The molecule has 2 aromatic rings. The standard InChI is InChI=1S/C14H19N2/c1-5-11-7-6-8-13-12(9-15-14(11)13)10-16(2,3)4/h5-9,15H,1,10H2,2-4H3/q+1. The molecule has 0 bridgehead atoms. The minimum atomic E-state index is 0.936. The van der Waals surface area contributed by atoms with Gasteiger partial charge in [-0.15, -0.1) is 0 Å². The normalized spacial score (nSPS) is 11.9. The maximum absolute atomic E-state index is 3.84. The van der Waals surface area contributed by atoms with Gasteiger partial charge < -0.3 is 9.47 Å². The van der Waals surface area contributed by atoms with Crippen LogP contribution in [0.15, 0.2) is 31.0 Å². The molecule has 0 unspecified atom stereocenters. The van der Waals surface area contributed by atoms with Crippen LogP contribution in [0.2, 0.25) is 0 Å². The molecule has 1 aromatic carbocycles. The summed E-state index contributed by atoms with van der Waals surface area (Å²) in [6, 6.07) is 6.34. The van der Waals surface area contributed by atoms with Crippen molar-refractivity contribution in [3.63, 3.8) is 0 Å². The van der Waals surface area contributed by atoms with Gasteiger partial charge in [0.05, 0.1) is 26.7 Å². The van der Waals surface area contributed by atoms with Gasteiger partial charge in [0.2, 0.25) is 0 Å². The number of fused-ring (bicyclic) bond motifs is 1. The van der Waals surface area contributed by atoms with Crippen molar-refractivity contribution in [1.29, 1.82) is 0 Å². The summed E-state index contributed by atoms with van der Waals surface area (Å²) in [4.78, 5) is 3.35. The summed E-state index contributed by atoms with van der Waals surface area (Å²) in [7, 11) is 6.61. The Balaban J connectivity index is 2.53. The van der Waals surface area contributed by atoms with Crippen LogP contribution in [0.5, 0.6) is 0 Å². The minimum Gasteiger partial charge on any atom is -0.360 e. The van der Waals surface area contributed by atoms with Crippen LogP contribution < -0.4 is 0 Å². The SMILES string of the molecule is C=Cc1cccc2c(C[N+](C)(C)C)c[nH]c12. The van der Waals surface area contributed by atoms with E-state index in [4.69, 9.17) is 0 Å². The maximum atomic E-state index is 3.84. The van der Waals surface area contributed by atoms with Crippen LogP contribution in [0, 0.1) is 0 Å². The lowest BCUT2D eigenvalue weighted by atomic mass is 10.1. The first-order valence-electron chi connectivity index (χ1n) is 5.53. The average Bonchev–Trinajstić information content (AvgIpc) is 2.59. The fraction of sp³-hybridized carbons (Fsp3) is 0.286. The molecule has 0 saturated heterocycles. The summed E-state index contributed by atoms with van der Waals surface area (Å²) in [6.45, 7) is 4.87. The lowest BCUT2D eigenvalue weighted by Crippen LogP contribution is -2.33. The van der Waals surface area contributed by atoms with Gasteiger partial charge in [-0.1, -0.05) is 30.9 Å². The molecule has 1 aromatic heterocycles. The van der Waals surface area contributed by atoms with E-state index in [0.29, 0.717) is 0 Å². The van der Waals surface area contributed by atoms with Crippen LogP contribution in [0.25, 0.3) is 17.0 Å². The molecular weight excluding hydrogens is 196 g/mol. The molecule has 84 valence electrons. The molecule has 0 amide bonds. The number of nitrogens with zero attached hydrogens (tertiary/aromatic N) is 1. The lowest BCUT2D eigenvalue weighted by Gasteiger charge is -2.23. The van der Waals surface area contributed by atoms with Gasteiger partial charge in [-0.2, -0.15) is 0 Å². The summed E-state index contributed by atoms with van der Waals surface area (Å²) < 4.78 is 0.936. The molecule has 2 nitrogen and oxygen atoms in total. The Labute approximate surface area is 96.8 Å². The third-order valence-corrected chi connectivity index (χ3v) is 2.70.